The van der Waals surface area contributed by atoms with E-state index in [2.05, 4.69) is 46.1 Å². The molecule has 0 bridgehead atoms. The van der Waals surface area contributed by atoms with E-state index in [9.17, 15) is 27.6 Å². The van der Waals surface area contributed by atoms with Gasteiger partial charge in [-0.1, -0.05) is 66.4 Å². The van der Waals surface area contributed by atoms with Crippen molar-refractivity contribution in [2.75, 3.05) is 6.54 Å². The number of pyridine rings is 1. The average Bonchev–Trinajstić information content (AvgIpc) is 4.07. The lowest BCUT2D eigenvalue weighted by Crippen LogP contribution is -2.62. The van der Waals surface area contributed by atoms with Gasteiger partial charge in [0.1, 0.15) is 23.7 Å². The molecule has 5 saturated carbocycles. The lowest BCUT2D eigenvalue weighted by Gasteiger charge is -2.38. The van der Waals surface area contributed by atoms with Gasteiger partial charge < -0.3 is 20.9 Å². The predicted octanol–water partition coefficient (Wildman–Crippen LogP) is 3.76. The SMILES string of the molecule is C=C[C@@H]1C[C@]1(NC(=O)[C@@H]1C[C@@]2(CN1C(=O)[C@@H](NC(=O)[C@@H](NC(=O)c1ccncc1)C1CCCCC1)C(C)(C)C)C(C)(C)C21CCC1)C(=O)NS(=O)(=O)C1CC1. The monoisotopic (exact) mass is 778 g/mol. The van der Waals surface area contributed by atoms with E-state index >= 15 is 4.79 Å². The van der Waals surface area contributed by atoms with Crippen LogP contribution in [0.4, 0.5) is 0 Å². The molecule has 1 aromatic heterocycles. The summed E-state index contributed by atoms with van der Waals surface area (Å²) in [6.45, 7) is 14.2. The Bertz CT molecular complexity index is 1860. The maximum Gasteiger partial charge on any atom is 0.259 e. The van der Waals surface area contributed by atoms with Gasteiger partial charge in [-0.25, -0.2) is 8.42 Å². The van der Waals surface area contributed by atoms with Crippen LogP contribution in [0.15, 0.2) is 37.2 Å². The molecule has 5 amide bonds. The van der Waals surface area contributed by atoms with Crippen LogP contribution in [-0.4, -0.2) is 83.3 Å². The highest BCUT2D eigenvalue weighted by Crippen LogP contribution is 2.88. The normalized spacial score (nSPS) is 30.4. The number of carbonyl (C=O) groups excluding carboxylic acids is 5. The van der Waals surface area contributed by atoms with Gasteiger partial charge in [-0.15, -0.1) is 6.58 Å². The summed E-state index contributed by atoms with van der Waals surface area (Å²) in [5, 5.41) is 8.36. The van der Waals surface area contributed by atoms with Crippen LogP contribution in [0, 0.1) is 33.5 Å². The molecule has 2 spiro atoms. The van der Waals surface area contributed by atoms with E-state index < -0.39 is 79.8 Å². The smallest absolute Gasteiger partial charge is 0.259 e. The van der Waals surface area contributed by atoms with Crippen molar-refractivity contribution in [1.82, 2.24) is 30.6 Å². The Kier molecular flexibility index (Phi) is 9.81. The first-order valence-corrected chi connectivity index (χ1v) is 21.7. The summed E-state index contributed by atoms with van der Waals surface area (Å²) in [4.78, 5) is 76.7. The maximum absolute atomic E-state index is 15.1. The van der Waals surface area contributed by atoms with E-state index in [1.165, 1.54) is 12.4 Å². The topological polar surface area (TPSA) is 184 Å². The second-order valence-electron chi connectivity index (χ2n) is 18.9. The highest BCUT2D eigenvalue weighted by molar-refractivity contribution is 7.91. The van der Waals surface area contributed by atoms with Gasteiger partial charge in [0.25, 0.3) is 11.8 Å². The number of nitrogens with one attached hydrogen (secondary N) is 4. The van der Waals surface area contributed by atoms with Crippen LogP contribution in [0.2, 0.25) is 0 Å². The number of aromatic nitrogens is 1. The van der Waals surface area contributed by atoms with Crippen molar-refractivity contribution in [2.24, 2.45) is 33.5 Å². The number of hydrogen-bond acceptors (Lipinski definition) is 8. The molecule has 300 valence electrons. The van der Waals surface area contributed by atoms with Crippen LogP contribution in [-0.2, 0) is 29.2 Å². The largest absolute Gasteiger partial charge is 0.342 e. The number of rotatable bonds is 12. The molecule has 1 aromatic rings. The van der Waals surface area contributed by atoms with Crippen LogP contribution in [0.3, 0.4) is 0 Å². The van der Waals surface area contributed by atoms with Crippen molar-refractivity contribution >= 4 is 39.6 Å². The second-order valence-corrected chi connectivity index (χ2v) is 20.9. The predicted molar refractivity (Wildman–Crippen MR) is 205 cm³/mol. The first-order chi connectivity index (χ1) is 25.8. The van der Waals surface area contributed by atoms with Crippen molar-refractivity contribution < 1.29 is 32.4 Å². The number of fused-ring (bicyclic) bond motifs is 1. The number of likely N-dealkylation sites (tertiary alicyclic amines) is 1. The molecular formula is C41H58N6O7S. The van der Waals surface area contributed by atoms with E-state index in [0.29, 0.717) is 31.4 Å². The Labute approximate surface area is 325 Å². The summed E-state index contributed by atoms with van der Waals surface area (Å²) < 4.78 is 27.8. The number of hydrogen-bond donors (Lipinski definition) is 4. The molecule has 14 heteroatoms. The first kappa shape index (κ1) is 39.4. The van der Waals surface area contributed by atoms with Crippen molar-refractivity contribution in [3.8, 4) is 0 Å². The fourth-order valence-corrected chi connectivity index (χ4v) is 12.1. The summed E-state index contributed by atoms with van der Waals surface area (Å²) in [5.41, 5.74) is -2.40. The lowest BCUT2D eigenvalue weighted by atomic mass is 9.73. The number of carbonyl (C=O) groups is 5. The molecule has 2 heterocycles. The molecule has 5 aliphatic carbocycles. The Morgan fingerprint density at radius 3 is 2.11 bits per heavy atom. The van der Waals surface area contributed by atoms with Gasteiger partial charge in [0.15, 0.2) is 0 Å². The zero-order chi connectivity index (χ0) is 39.8. The highest BCUT2D eigenvalue weighted by Gasteiger charge is 2.85. The fourth-order valence-electron chi connectivity index (χ4n) is 10.7. The molecular weight excluding hydrogens is 721 g/mol. The third-order valence-corrected chi connectivity index (χ3v) is 16.5. The minimum atomic E-state index is -3.87. The molecule has 6 fully saturated rings. The van der Waals surface area contributed by atoms with Gasteiger partial charge in [-0.3, -0.25) is 33.7 Å². The summed E-state index contributed by atoms with van der Waals surface area (Å²) in [6, 6.07) is 0.308. The van der Waals surface area contributed by atoms with Crippen molar-refractivity contribution in [1.29, 1.82) is 0 Å². The van der Waals surface area contributed by atoms with Crippen LogP contribution in [0.1, 0.15) is 122 Å². The Morgan fingerprint density at radius 1 is 0.927 bits per heavy atom. The molecule has 0 unspecified atom stereocenters. The Balaban J connectivity index is 1.16. The molecule has 1 aliphatic heterocycles. The van der Waals surface area contributed by atoms with Gasteiger partial charge in [0.05, 0.1) is 5.25 Å². The minimum Gasteiger partial charge on any atom is -0.342 e. The molecule has 6 atom stereocenters. The van der Waals surface area contributed by atoms with Crippen LogP contribution in [0.5, 0.6) is 0 Å². The van der Waals surface area contributed by atoms with Crippen LogP contribution in [0.25, 0.3) is 0 Å². The molecule has 13 nitrogen and oxygen atoms in total. The molecule has 0 radical (unpaired) electrons. The average molecular weight is 779 g/mol. The molecule has 0 aromatic carbocycles. The zero-order valence-corrected chi connectivity index (χ0v) is 33.7. The molecule has 7 rings (SSSR count). The summed E-state index contributed by atoms with van der Waals surface area (Å²) >= 11 is 0. The second kappa shape index (κ2) is 13.7. The minimum absolute atomic E-state index is 0.0198. The summed E-state index contributed by atoms with van der Waals surface area (Å²) in [6.07, 6.45) is 13.7. The molecule has 1 saturated heterocycles. The Hall–Kier alpha value is -3.81. The van der Waals surface area contributed by atoms with Crippen molar-refractivity contribution in [3.05, 3.63) is 42.7 Å². The molecule has 6 aliphatic rings. The quantitative estimate of drug-likeness (QED) is 0.231. The van der Waals surface area contributed by atoms with Crippen molar-refractivity contribution in [2.45, 2.75) is 141 Å². The highest BCUT2D eigenvalue weighted by atomic mass is 32.2. The summed E-state index contributed by atoms with van der Waals surface area (Å²) in [7, 11) is -3.87. The van der Waals surface area contributed by atoms with E-state index in [0.717, 1.165) is 51.4 Å². The van der Waals surface area contributed by atoms with E-state index in [1.54, 1.807) is 23.1 Å². The van der Waals surface area contributed by atoms with E-state index in [4.69, 9.17) is 0 Å². The van der Waals surface area contributed by atoms with E-state index in [-0.39, 0.29) is 28.6 Å². The molecule has 4 N–H and O–H groups in total. The van der Waals surface area contributed by atoms with Crippen LogP contribution >= 0.6 is 0 Å². The van der Waals surface area contributed by atoms with Gasteiger partial charge >= 0.3 is 0 Å². The number of nitrogens with zero attached hydrogens (tertiary/aromatic N) is 2. The van der Waals surface area contributed by atoms with Crippen LogP contribution < -0.4 is 20.7 Å². The fraction of sp³-hybridized carbons (Fsp3) is 0.707. The van der Waals surface area contributed by atoms with Gasteiger partial charge in [0, 0.05) is 35.8 Å². The molecule has 55 heavy (non-hydrogen) atoms. The lowest BCUT2D eigenvalue weighted by molar-refractivity contribution is -0.145. The Morgan fingerprint density at radius 2 is 1.58 bits per heavy atom. The third-order valence-electron chi connectivity index (χ3n) is 14.7. The zero-order valence-electron chi connectivity index (χ0n) is 32.9. The number of sulfonamides is 1. The number of amides is 5. The third kappa shape index (κ3) is 6.57. The van der Waals surface area contributed by atoms with Gasteiger partial charge in [-0.2, -0.15) is 0 Å². The maximum atomic E-state index is 15.1. The van der Waals surface area contributed by atoms with Crippen molar-refractivity contribution in [3.63, 3.8) is 0 Å². The van der Waals surface area contributed by atoms with Gasteiger partial charge in [0.2, 0.25) is 27.7 Å². The van der Waals surface area contributed by atoms with Gasteiger partial charge in [-0.05, 0) is 85.7 Å². The van der Waals surface area contributed by atoms with E-state index in [1.807, 2.05) is 20.8 Å². The summed E-state index contributed by atoms with van der Waals surface area (Å²) in [5.74, 6) is -3.13. The standard InChI is InChI=1S/C41H58N6O7S/c1-7-27-22-41(27,36(52)46-55(53,54)28-14-15-28)45-33(49)29-23-40(38(5,6)39(40)18-11-19-39)24-47(29)35(51)31(37(2,3)4)44-34(50)30(25-12-9-8-10-13-25)43-32(48)26-16-20-42-21-17-26/h7,16-17,20-21,25,27-31H,1,8-15,18-19,22-24H2,2-6H3,(H,43,48)(H,44,50)(H,45,49)(H,46,52)/t27-,29+,30+,31-,40-,41-/m1/s1. The first-order valence-electron chi connectivity index (χ1n) is 20.2.